The van der Waals surface area contributed by atoms with Crippen molar-refractivity contribution in [2.75, 3.05) is 0 Å². The normalized spacial score (nSPS) is 10.8. The molecule has 0 fully saturated rings. The number of H-pyrrole nitrogens is 1. The minimum atomic E-state index is 0.898. The van der Waals surface area contributed by atoms with Gasteiger partial charge < -0.3 is 0 Å². The SMILES string of the molecule is Cc1cc(CBr)cc2cn[nH]c12. The molecule has 1 N–H and O–H groups in total. The van der Waals surface area contributed by atoms with Gasteiger partial charge in [0.1, 0.15) is 0 Å². The van der Waals surface area contributed by atoms with Crippen LogP contribution in [0.5, 0.6) is 0 Å². The van der Waals surface area contributed by atoms with Gasteiger partial charge in [-0.05, 0) is 24.1 Å². The molecule has 0 aliphatic rings. The number of fused-ring (bicyclic) bond motifs is 1. The Morgan fingerprint density at radius 3 is 3.08 bits per heavy atom. The zero-order valence-electron chi connectivity index (χ0n) is 6.76. The van der Waals surface area contributed by atoms with Crippen molar-refractivity contribution in [3.05, 3.63) is 29.5 Å². The second-order valence-corrected chi connectivity index (χ2v) is 3.44. The molecule has 0 aliphatic heterocycles. The summed E-state index contributed by atoms with van der Waals surface area (Å²) in [7, 11) is 0. The van der Waals surface area contributed by atoms with E-state index >= 15 is 0 Å². The van der Waals surface area contributed by atoms with E-state index in [-0.39, 0.29) is 0 Å². The van der Waals surface area contributed by atoms with E-state index in [1.807, 2.05) is 6.20 Å². The molecule has 1 aromatic heterocycles. The van der Waals surface area contributed by atoms with Gasteiger partial charge in [-0.2, -0.15) is 5.10 Å². The summed E-state index contributed by atoms with van der Waals surface area (Å²) in [5.74, 6) is 0. The molecular weight excluding hydrogens is 216 g/mol. The average molecular weight is 225 g/mol. The zero-order valence-corrected chi connectivity index (χ0v) is 8.35. The maximum atomic E-state index is 4.00. The highest BCUT2D eigenvalue weighted by molar-refractivity contribution is 9.08. The van der Waals surface area contributed by atoms with Crippen LogP contribution in [0.2, 0.25) is 0 Å². The number of aryl methyl sites for hydroxylation is 1. The van der Waals surface area contributed by atoms with Gasteiger partial charge in [-0.3, -0.25) is 5.10 Å². The molecule has 2 rings (SSSR count). The summed E-state index contributed by atoms with van der Waals surface area (Å²) in [5.41, 5.74) is 3.68. The van der Waals surface area contributed by atoms with Crippen molar-refractivity contribution < 1.29 is 0 Å². The third-order valence-corrected chi connectivity index (χ3v) is 2.61. The van der Waals surface area contributed by atoms with Crippen LogP contribution < -0.4 is 0 Å². The molecular formula is C9H9BrN2. The van der Waals surface area contributed by atoms with Crippen LogP contribution in [0.4, 0.5) is 0 Å². The highest BCUT2D eigenvalue weighted by atomic mass is 79.9. The summed E-state index contributed by atoms with van der Waals surface area (Å²) in [6.45, 7) is 2.09. The van der Waals surface area contributed by atoms with Gasteiger partial charge in [-0.25, -0.2) is 0 Å². The molecule has 0 bridgehead atoms. The first-order valence-electron chi connectivity index (χ1n) is 3.80. The molecule has 12 heavy (non-hydrogen) atoms. The molecule has 0 radical (unpaired) electrons. The highest BCUT2D eigenvalue weighted by Crippen LogP contribution is 2.19. The van der Waals surface area contributed by atoms with Crippen molar-refractivity contribution in [3.63, 3.8) is 0 Å². The number of rotatable bonds is 1. The number of nitrogens with one attached hydrogen (secondary N) is 1. The molecule has 0 aliphatic carbocycles. The molecule has 2 aromatic rings. The second-order valence-electron chi connectivity index (χ2n) is 2.88. The lowest BCUT2D eigenvalue weighted by Crippen LogP contribution is -1.81. The Hall–Kier alpha value is -0.830. The largest absolute Gasteiger partial charge is 0.278 e. The predicted molar refractivity (Wildman–Crippen MR) is 53.5 cm³/mol. The molecule has 0 unspecified atom stereocenters. The summed E-state index contributed by atoms with van der Waals surface area (Å²) < 4.78 is 0. The molecule has 0 saturated carbocycles. The number of nitrogens with zero attached hydrogens (tertiary/aromatic N) is 1. The van der Waals surface area contributed by atoms with E-state index in [1.54, 1.807) is 0 Å². The summed E-state index contributed by atoms with van der Waals surface area (Å²) in [4.78, 5) is 0. The maximum Gasteiger partial charge on any atom is 0.0679 e. The number of aromatic nitrogens is 2. The van der Waals surface area contributed by atoms with E-state index in [4.69, 9.17) is 0 Å². The molecule has 3 heteroatoms. The lowest BCUT2D eigenvalue weighted by Gasteiger charge is -1.98. The van der Waals surface area contributed by atoms with Crippen molar-refractivity contribution in [2.45, 2.75) is 12.3 Å². The van der Waals surface area contributed by atoms with Crippen molar-refractivity contribution in [3.8, 4) is 0 Å². The van der Waals surface area contributed by atoms with Crippen LogP contribution in [-0.2, 0) is 5.33 Å². The third kappa shape index (κ3) is 1.14. The topological polar surface area (TPSA) is 28.7 Å². The molecule has 1 aromatic carbocycles. The van der Waals surface area contributed by atoms with Crippen molar-refractivity contribution >= 4 is 26.8 Å². The Labute approximate surface area is 79.1 Å². The van der Waals surface area contributed by atoms with Crippen molar-refractivity contribution in [1.82, 2.24) is 10.2 Å². The lowest BCUT2D eigenvalue weighted by atomic mass is 10.1. The van der Waals surface area contributed by atoms with Gasteiger partial charge in [-0.15, -0.1) is 0 Å². The fourth-order valence-electron chi connectivity index (χ4n) is 1.39. The highest BCUT2D eigenvalue weighted by Gasteiger charge is 2.00. The number of hydrogen-bond donors (Lipinski definition) is 1. The van der Waals surface area contributed by atoms with E-state index in [0.29, 0.717) is 0 Å². The van der Waals surface area contributed by atoms with Crippen LogP contribution in [-0.4, -0.2) is 10.2 Å². The Morgan fingerprint density at radius 1 is 1.50 bits per heavy atom. The fourth-order valence-corrected chi connectivity index (χ4v) is 1.71. The number of benzene rings is 1. The van der Waals surface area contributed by atoms with Gasteiger partial charge in [0.25, 0.3) is 0 Å². The van der Waals surface area contributed by atoms with E-state index in [2.05, 4.69) is 45.2 Å². The minimum absolute atomic E-state index is 0.898. The number of hydrogen-bond acceptors (Lipinski definition) is 1. The summed E-state index contributed by atoms with van der Waals surface area (Å²) >= 11 is 3.44. The first-order valence-corrected chi connectivity index (χ1v) is 4.92. The summed E-state index contributed by atoms with van der Waals surface area (Å²) in [6.07, 6.45) is 1.86. The van der Waals surface area contributed by atoms with Crippen LogP contribution >= 0.6 is 15.9 Å². The maximum absolute atomic E-state index is 4.00. The number of halogens is 1. The standard InChI is InChI=1S/C9H9BrN2/c1-6-2-7(4-10)3-8-5-11-12-9(6)8/h2-3,5H,4H2,1H3,(H,11,12). The fraction of sp³-hybridized carbons (Fsp3) is 0.222. The van der Waals surface area contributed by atoms with Gasteiger partial charge in [0, 0.05) is 10.7 Å². The van der Waals surface area contributed by atoms with Gasteiger partial charge in [0.15, 0.2) is 0 Å². The molecule has 62 valence electrons. The van der Waals surface area contributed by atoms with Gasteiger partial charge in [0.05, 0.1) is 11.7 Å². The Balaban J connectivity index is 2.75. The zero-order chi connectivity index (χ0) is 8.55. The van der Waals surface area contributed by atoms with Crippen LogP contribution in [0.15, 0.2) is 18.3 Å². The summed E-state index contributed by atoms with van der Waals surface area (Å²) in [5, 5.41) is 9.05. The van der Waals surface area contributed by atoms with Crippen LogP contribution in [0.25, 0.3) is 10.9 Å². The second kappa shape index (κ2) is 2.90. The van der Waals surface area contributed by atoms with E-state index in [0.717, 1.165) is 10.8 Å². The van der Waals surface area contributed by atoms with E-state index in [9.17, 15) is 0 Å². The van der Waals surface area contributed by atoms with Gasteiger partial charge in [-0.1, -0.05) is 22.0 Å². The number of alkyl halides is 1. The smallest absolute Gasteiger partial charge is 0.0679 e. The molecule has 0 saturated heterocycles. The van der Waals surface area contributed by atoms with Gasteiger partial charge in [0.2, 0.25) is 0 Å². The average Bonchev–Trinajstić information content (AvgIpc) is 2.52. The quantitative estimate of drug-likeness (QED) is 0.742. The van der Waals surface area contributed by atoms with E-state index < -0.39 is 0 Å². The summed E-state index contributed by atoms with van der Waals surface area (Å²) in [6, 6.07) is 4.30. The molecule has 0 amide bonds. The minimum Gasteiger partial charge on any atom is -0.278 e. The predicted octanol–water partition coefficient (Wildman–Crippen LogP) is 2.77. The Kier molecular flexibility index (Phi) is 1.89. The van der Waals surface area contributed by atoms with E-state index in [1.165, 1.54) is 16.5 Å². The van der Waals surface area contributed by atoms with Crippen LogP contribution in [0.1, 0.15) is 11.1 Å². The van der Waals surface area contributed by atoms with Crippen molar-refractivity contribution in [2.24, 2.45) is 0 Å². The molecule has 0 spiro atoms. The van der Waals surface area contributed by atoms with Crippen LogP contribution in [0, 0.1) is 6.92 Å². The molecule has 2 nitrogen and oxygen atoms in total. The van der Waals surface area contributed by atoms with Gasteiger partial charge >= 0.3 is 0 Å². The van der Waals surface area contributed by atoms with Crippen molar-refractivity contribution in [1.29, 1.82) is 0 Å². The lowest BCUT2D eigenvalue weighted by molar-refractivity contribution is 1.11. The molecule has 1 heterocycles. The third-order valence-electron chi connectivity index (χ3n) is 1.96. The molecule has 0 atom stereocenters. The Morgan fingerprint density at radius 2 is 2.33 bits per heavy atom. The monoisotopic (exact) mass is 224 g/mol. The Bertz CT molecular complexity index is 406. The number of aromatic amines is 1. The first-order chi connectivity index (χ1) is 5.81. The van der Waals surface area contributed by atoms with Crippen LogP contribution in [0.3, 0.4) is 0 Å². The first kappa shape index (κ1) is 7.80.